The van der Waals surface area contributed by atoms with E-state index in [0.29, 0.717) is 13.2 Å². The first-order valence-electron chi connectivity index (χ1n) is 6.66. The zero-order valence-electron chi connectivity index (χ0n) is 11.4. The molecule has 1 aromatic carbocycles. The Morgan fingerprint density at radius 2 is 1.90 bits per heavy atom. The molecule has 2 unspecified atom stereocenters. The predicted molar refractivity (Wildman–Crippen MR) is 77.1 cm³/mol. The van der Waals surface area contributed by atoms with Crippen molar-refractivity contribution >= 4 is 27.7 Å². The number of likely N-dealkylation sites (tertiary alicyclic amines) is 1. The van der Waals surface area contributed by atoms with Crippen LogP contribution >= 0.6 is 15.9 Å². The molecule has 5 heteroatoms. The Morgan fingerprint density at radius 3 is 2.50 bits per heavy atom. The van der Waals surface area contributed by atoms with Gasteiger partial charge in [-0.15, -0.1) is 0 Å². The van der Waals surface area contributed by atoms with Gasteiger partial charge in [-0.1, -0.05) is 35.8 Å². The van der Waals surface area contributed by atoms with Gasteiger partial charge in [0.15, 0.2) is 0 Å². The molecule has 2 fully saturated rings. The summed E-state index contributed by atoms with van der Waals surface area (Å²) in [5, 5.41) is 0. The zero-order valence-corrected chi connectivity index (χ0v) is 13.0. The fraction of sp³-hybridized carbons (Fsp3) is 0.467. The monoisotopic (exact) mass is 337 g/mol. The van der Waals surface area contributed by atoms with Crippen molar-refractivity contribution in [1.82, 2.24) is 4.90 Å². The minimum absolute atomic E-state index is 0.0390. The third kappa shape index (κ3) is 2.04. The second-order valence-corrected chi connectivity index (χ2v) is 6.83. The van der Waals surface area contributed by atoms with E-state index >= 15 is 0 Å². The number of piperidine rings is 1. The number of rotatable bonds is 4. The number of carbonyl (C=O) groups excluding carboxylic acids is 2. The number of fused-ring (bicyclic) bond motifs is 1. The Kier molecular flexibility index (Phi) is 3.12. The van der Waals surface area contributed by atoms with Crippen molar-refractivity contribution in [3.05, 3.63) is 28.7 Å². The van der Waals surface area contributed by atoms with Gasteiger partial charge in [-0.25, -0.2) is 0 Å². The van der Waals surface area contributed by atoms with Gasteiger partial charge < -0.3 is 4.74 Å². The summed E-state index contributed by atoms with van der Waals surface area (Å²) in [5.74, 6) is 0.427. The van der Waals surface area contributed by atoms with Crippen LogP contribution in [0.5, 0.6) is 5.75 Å². The highest BCUT2D eigenvalue weighted by Crippen LogP contribution is 2.63. The van der Waals surface area contributed by atoms with Crippen LogP contribution in [-0.2, 0) is 9.59 Å². The standard InChI is InChI=1S/C15H16BrNO3/c1-15(2)11-12(15)14(19)17(13(11)18)6-7-20-10-5-3-4-9(16)8-10/h3-5,8,11-12H,6-7H2,1-2H3. The van der Waals surface area contributed by atoms with Crippen molar-refractivity contribution in [3.8, 4) is 5.75 Å². The van der Waals surface area contributed by atoms with E-state index in [9.17, 15) is 9.59 Å². The predicted octanol–water partition coefficient (Wildman–Crippen LogP) is 2.47. The fourth-order valence-corrected chi connectivity index (χ4v) is 3.41. The topological polar surface area (TPSA) is 46.6 Å². The minimum atomic E-state index is -0.143. The molecule has 2 aliphatic rings. The van der Waals surface area contributed by atoms with Gasteiger partial charge in [0.05, 0.1) is 18.4 Å². The van der Waals surface area contributed by atoms with Crippen LogP contribution < -0.4 is 4.74 Å². The molecule has 3 rings (SSSR count). The Bertz CT molecular complexity index is 560. The second-order valence-electron chi connectivity index (χ2n) is 5.91. The molecule has 0 bridgehead atoms. The molecule has 0 N–H and O–H groups in total. The Hall–Kier alpha value is -1.36. The number of hydrogen-bond donors (Lipinski definition) is 0. The average molecular weight is 338 g/mol. The van der Waals surface area contributed by atoms with Crippen molar-refractivity contribution in [3.63, 3.8) is 0 Å². The molecule has 4 nitrogen and oxygen atoms in total. The number of halogens is 1. The number of nitrogens with zero attached hydrogens (tertiary/aromatic N) is 1. The maximum atomic E-state index is 12.1. The molecule has 0 radical (unpaired) electrons. The SMILES string of the molecule is CC1(C)C2C(=O)N(CCOc3cccc(Br)c3)C(=O)C21. The summed E-state index contributed by atoms with van der Waals surface area (Å²) in [6.45, 7) is 4.61. The van der Waals surface area contributed by atoms with E-state index in [1.54, 1.807) is 0 Å². The number of ether oxygens (including phenoxy) is 1. The molecule has 20 heavy (non-hydrogen) atoms. The molecule has 0 aromatic heterocycles. The summed E-state index contributed by atoms with van der Waals surface area (Å²) in [4.78, 5) is 25.6. The quantitative estimate of drug-likeness (QED) is 0.793. The van der Waals surface area contributed by atoms with Gasteiger partial charge in [0, 0.05) is 4.47 Å². The van der Waals surface area contributed by atoms with Gasteiger partial charge in [-0.3, -0.25) is 14.5 Å². The molecule has 1 heterocycles. The Balaban J connectivity index is 1.56. The van der Waals surface area contributed by atoms with Crippen LogP contribution in [0, 0.1) is 17.3 Å². The molecule has 1 aliphatic carbocycles. The largest absolute Gasteiger partial charge is 0.492 e. The first-order chi connectivity index (χ1) is 9.43. The highest BCUT2D eigenvalue weighted by atomic mass is 79.9. The summed E-state index contributed by atoms with van der Waals surface area (Å²) in [7, 11) is 0. The summed E-state index contributed by atoms with van der Waals surface area (Å²) >= 11 is 3.37. The molecule has 0 spiro atoms. The number of benzene rings is 1. The molecular formula is C15H16BrNO3. The van der Waals surface area contributed by atoms with Crippen LogP contribution in [0.25, 0.3) is 0 Å². The minimum Gasteiger partial charge on any atom is -0.492 e. The number of hydrogen-bond acceptors (Lipinski definition) is 3. The average Bonchev–Trinajstić information content (AvgIpc) is 2.85. The van der Waals surface area contributed by atoms with Gasteiger partial charge >= 0.3 is 0 Å². The second kappa shape index (κ2) is 4.58. The van der Waals surface area contributed by atoms with Crippen molar-refractivity contribution in [2.24, 2.45) is 17.3 Å². The summed E-state index contributed by atoms with van der Waals surface area (Å²) in [5.41, 5.74) is -0.143. The van der Waals surface area contributed by atoms with Crippen LogP contribution in [0.15, 0.2) is 28.7 Å². The summed E-state index contributed by atoms with van der Waals surface area (Å²) < 4.78 is 6.51. The third-order valence-electron chi connectivity index (χ3n) is 4.27. The van der Waals surface area contributed by atoms with Gasteiger partial charge in [0.1, 0.15) is 12.4 Å². The summed E-state index contributed by atoms with van der Waals surface area (Å²) in [6, 6.07) is 7.49. The number of carbonyl (C=O) groups is 2. The lowest BCUT2D eigenvalue weighted by atomic mass is 10.1. The molecule has 1 aromatic rings. The number of imide groups is 1. The highest BCUT2D eigenvalue weighted by molar-refractivity contribution is 9.10. The van der Waals surface area contributed by atoms with E-state index in [2.05, 4.69) is 15.9 Å². The normalized spacial score (nSPS) is 26.6. The van der Waals surface area contributed by atoms with Gasteiger partial charge in [-0.05, 0) is 23.6 Å². The lowest BCUT2D eigenvalue weighted by Crippen LogP contribution is -2.38. The van der Waals surface area contributed by atoms with Gasteiger partial charge in [-0.2, -0.15) is 0 Å². The van der Waals surface area contributed by atoms with E-state index in [1.165, 1.54) is 4.90 Å². The van der Waals surface area contributed by atoms with E-state index in [-0.39, 0.29) is 29.1 Å². The van der Waals surface area contributed by atoms with Crippen LogP contribution in [0.4, 0.5) is 0 Å². The number of amides is 2. The molecule has 2 amide bonds. The lowest BCUT2D eigenvalue weighted by Gasteiger charge is -2.20. The van der Waals surface area contributed by atoms with Crippen LogP contribution in [0.1, 0.15) is 13.8 Å². The van der Waals surface area contributed by atoms with E-state index in [4.69, 9.17) is 4.74 Å². The van der Waals surface area contributed by atoms with Crippen LogP contribution in [0.2, 0.25) is 0 Å². The summed E-state index contributed by atoms with van der Waals surface area (Å²) in [6.07, 6.45) is 0. The molecular weight excluding hydrogens is 322 g/mol. The molecule has 106 valence electrons. The molecule has 1 aliphatic heterocycles. The Morgan fingerprint density at radius 1 is 1.25 bits per heavy atom. The molecule has 2 atom stereocenters. The van der Waals surface area contributed by atoms with Crippen molar-refractivity contribution < 1.29 is 14.3 Å². The molecule has 1 saturated carbocycles. The Labute approximate surface area is 126 Å². The van der Waals surface area contributed by atoms with Crippen LogP contribution in [0.3, 0.4) is 0 Å². The first kappa shape index (κ1) is 13.6. The van der Waals surface area contributed by atoms with E-state index < -0.39 is 0 Å². The van der Waals surface area contributed by atoms with E-state index in [1.807, 2.05) is 38.1 Å². The maximum absolute atomic E-state index is 12.1. The maximum Gasteiger partial charge on any atom is 0.233 e. The molecule has 1 saturated heterocycles. The van der Waals surface area contributed by atoms with Gasteiger partial charge in [0.2, 0.25) is 11.8 Å². The van der Waals surface area contributed by atoms with Crippen molar-refractivity contribution in [1.29, 1.82) is 0 Å². The highest BCUT2D eigenvalue weighted by Gasteiger charge is 2.72. The lowest BCUT2D eigenvalue weighted by molar-refractivity contribution is -0.143. The third-order valence-corrected chi connectivity index (χ3v) is 4.76. The van der Waals surface area contributed by atoms with Crippen LogP contribution in [-0.4, -0.2) is 29.9 Å². The smallest absolute Gasteiger partial charge is 0.233 e. The van der Waals surface area contributed by atoms with E-state index in [0.717, 1.165) is 10.2 Å². The van der Waals surface area contributed by atoms with Crippen molar-refractivity contribution in [2.75, 3.05) is 13.2 Å². The first-order valence-corrected chi connectivity index (χ1v) is 7.46. The van der Waals surface area contributed by atoms with Gasteiger partial charge in [0.25, 0.3) is 0 Å². The zero-order chi connectivity index (χ0) is 14.5. The fourth-order valence-electron chi connectivity index (χ4n) is 3.04. The van der Waals surface area contributed by atoms with Crippen molar-refractivity contribution in [2.45, 2.75) is 13.8 Å².